The lowest BCUT2D eigenvalue weighted by atomic mass is 10.2. The molecule has 0 aliphatic heterocycles. The Morgan fingerprint density at radius 2 is 1.61 bits per heavy atom. The summed E-state index contributed by atoms with van der Waals surface area (Å²) in [6.07, 6.45) is 1.32. The van der Waals surface area contributed by atoms with Gasteiger partial charge < -0.3 is 4.74 Å². The van der Waals surface area contributed by atoms with Gasteiger partial charge in [-0.1, -0.05) is 18.2 Å². The van der Waals surface area contributed by atoms with Crippen LogP contribution in [0.2, 0.25) is 0 Å². The minimum atomic E-state index is -3.87. The van der Waals surface area contributed by atoms with Crippen molar-refractivity contribution in [1.29, 1.82) is 0 Å². The lowest BCUT2D eigenvalue weighted by Gasteiger charge is -2.07. The summed E-state index contributed by atoms with van der Waals surface area (Å²) < 4.78 is 56.0. The fraction of sp³-hybridized carbons (Fsp3) is 0.0500. The van der Waals surface area contributed by atoms with Gasteiger partial charge in [0.05, 0.1) is 11.1 Å². The molecule has 1 N–H and O–H groups in total. The van der Waals surface area contributed by atoms with E-state index in [-0.39, 0.29) is 17.3 Å². The minimum absolute atomic E-state index is 0.0945. The van der Waals surface area contributed by atoms with E-state index in [1.54, 1.807) is 42.5 Å². The Labute approximate surface area is 161 Å². The predicted octanol–water partition coefficient (Wildman–Crippen LogP) is 3.86. The highest BCUT2D eigenvalue weighted by Crippen LogP contribution is 2.15. The summed E-state index contributed by atoms with van der Waals surface area (Å²) >= 11 is 0. The number of hydrogen-bond donors (Lipinski definition) is 1. The Morgan fingerprint density at radius 3 is 2.29 bits per heavy atom. The Balaban J connectivity index is 1.58. The van der Waals surface area contributed by atoms with Gasteiger partial charge in [0.2, 0.25) is 0 Å². The standard InChI is InChI=1S/C20H16F2N2O3S/c21-17-7-11-19(12-8-17)28(25,26)24-23-13-15-5-9-18(10-6-15)27-14-16-3-1-2-4-20(16)22/h1-13,24H,14H2/b23-13-. The molecule has 0 fully saturated rings. The molecule has 0 heterocycles. The van der Waals surface area contributed by atoms with Crippen molar-refractivity contribution in [2.75, 3.05) is 0 Å². The number of rotatable bonds is 7. The van der Waals surface area contributed by atoms with Crippen molar-refractivity contribution >= 4 is 16.2 Å². The van der Waals surface area contributed by atoms with Crippen LogP contribution in [-0.2, 0) is 16.6 Å². The van der Waals surface area contributed by atoms with Gasteiger partial charge in [0.25, 0.3) is 10.0 Å². The summed E-state index contributed by atoms with van der Waals surface area (Å²) in [7, 11) is -3.87. The molecule has 28 heavy (non-hydrogen) atoms. The van der Waals surface area contributed by atoms with Gasteiger partial charge >= 0.3 is 0 Å². The fourth-order valence-electron chi connectivity index (χ4n) is 2.26. The van der Waals surface area contributed by atoms with Crippen molar-refractivity contribution in [3.8, 4) is 5.75 Å². The summed E-state index contributed by atoms with van der Waals surface area (Å²) in [6.45, 7) is 0.0948. The molecule has 0 saturated carbocycles. The number of hydrogen-bond acceptors (Lipinski definition) is 4. The maximum atomic E-state index is 13.6. The zero-order valence-electron chi connectivity index (χ0n) is 14.5. The molecule has 0 spiro atoms. The third kappa shape index (κ3) is 5.14. The molecule has 0 amide bonds. The first-order valence-electron chi connectivity index (χ1n) is 8.21. The van der Waals surface area contributed by atoms with Crippen molar-refractivity contribution in [3.05, 3.63) is 95.6 Å². The van der Waals surface area contributed by atoms with Gasteiger partial charge in [-0.2, -0.15) is 13.5 Å². The number of nitrogens with zero attached hydrogens (tertiary/aromatic N) is 1. The Hall–Kier alpha value is -3.26. The molecule has 5 nitrogen and oxygen atoms in total. The second-order valence-electron chi connectivity index (χ2n) is 5.76. The van der Waals surface area contributed by atoms with Crippen molar-refractivity contribution < 1.29 is 21.9 Å². The quantitative estimate of drug-likeness (QED) is 0.482. The molecule has 0 bridgehead atoms. The first-order chi connectivity index (χ1) is 13.4. The van der Waals surface area contributed by atoms with E-state index in [0.717, 1.165) is 24.3 Å². The first kappa shape index (κ1) is 19.5. The second-order valence-corrected chi connectivity index (χ2v) is 7.42. The lowest BCUT2D eigenvalue weighted by Crippen LogP contribution is -2.18. The number of sulfonamides is 1. The zero-order valence-corrected chi connectivity index (χ0v) is 15.4. The van der Waals surface area contributed by atoms with E-state index in [0.29, 0.717) is 16.9 Å². The first-order valence-corrected chi connectivity index (χ1v) is 9.69. The molecule has 3 aromatic rings. The molecule has 0 aromatic heterocycles. The molecule has 3 aromatic carbocycles. The van der Waals surface area contributed by atoms with Crippen LogP contribution in [0.4, 0.5) is 8.78 Å². The molecule has 0 radical (unpaired) electrons. The van der Waals surface area contributed by atoms with Crippen LogP contribution >= 0.6 is 0 Å². The number of halogens is 2. The van der Waals surface area contributed by atoms with Crippen molar-refractivity contribution in [1.82, 2.24) is 4.83 Å². The largest absolute Gasteiger partial charge is 0.489 e. The van der Waals surface area contributed by atoms with Crippen LogP contribution in [0.15, 0.2) is 82.8 Å². The van der Waals surface area contributed by atoms with Gasteiger partial charge in [0.15, 0.2) is 0 Å². The van der Waals surface area contributed by atoms with Crippen LogP contribution in [0.25, 0.3) is 0 Å². The maximum absolute atomic E-state index is 13.6. The van der Waals surface area contributed by atoms with Gasteiger partial charge in [-0.05, 0) is 60.2 Å². The van der Waals surface area contributed by atoms with Crippen LogP contribution in [0.3, 0.4) is 0 Å². The van der Waals surface area contributed by atoms with Crippen molar-refractivity contribution in [3.63, 3.8) is 0 Å². The van der Waals surface area contributed by atoms with Gasteiger partial charge in [-0.3, -0.25) is 0 Å². The highest BCUT2D eigenvalue weighted by Gasteiger charge is 2.12. The van der Waals surface area contributed by atoms with E-state index in [1.807, 2.05) is 0 Å². The summed E-state index contributed by atoms with van der Waals surface area (Å²) in [4.78, 5) is 1.96. The predicted molar refractivity (Wildman–Crippen MR) is 101 cm³/mol. The number of ether oxygens (including phenoxy) is 1. The summed E-state index contributed by atoms with van der Waals surface area (Å²) in [5, 5.41) is 3.70. The molecule has 144 valence electrons. The van der Waals surface area contributed by atoms with Gasteiger partial charge in [-0.25, -0.2) is 13.6 Å². The number of nitrogens with one attached hydrogen (secondary N) is 1. The summed E-state index contributed by atoms with van der Waals surface area (Å²) in [5.74, 6) is -0.327. The van der Waals surface area contributed by atoms with Gasteiger partial charge in [0.1, 0.15) is 24.0 Å². The highest BCUT2D eigenvalue weighted by molar-refractivity contribution is 7.89. The van der Waals surface area contributed by atoms with Gasteiger partial charge in [-0.15, -0.1) is 0 Å². The van der Waals surface area contributed by atoms with Crippen LogP contribution < -0.4 is 9.57 Å². The SMILES string of the molecule is O=S(=O)(N/N=C\c1ccc(OCc2ccccc2F)cc1)c1ccc(F)cc1. The monoisotopic (exact) mass is 402 g/mol. The van der Waals surface area contributed by atoms with Crippen molar-refractivity contribution in [2.45, 2.75) is 11.5 Å². The third-order valence-electron chi connectivity index (χ3n) is 3.74. The molecule has 8 heteroatoms. The van der Waals surface area contributed by atoms with E-state index in [4.69, 9.17) is 4.74 Å². The summed E-state index contributed by atoms with van der Waals surface area (Å²) in [6, 6.07) is 17.4. The highest BCUT2D eigenvalue weighted by atomic mass is 32.2. The van der Waals surface area contributed by atoms with E-state index in [9.17, 15) is 17.2 Å². The minimum Gasteiger partial charge on any atom is -0.489 e. The van der Waals surface area contributed by atoms with Crippen LogP contribution in [-0.4, -0.2) is 14.6 Å². The second kappa shape index (κ2) is 8.62. The molecule has 3 rings (SSSR count). The topological polar surface area (TPSA) is 67.8 Å². The Kier molecular flexibility index (Phi) is 6.00. The smallest absolute Gasteiger partial charge is 0.276 e. The molecule has 0 aliphatic rings. The maximum Gasteiger partial charge on any atom is 0.276 e. The third-order valence-corrected chi connectivity index (χ3v) is 4.98. The van der Waals surface area contributed by atoms with Crippen LogP contribution in [0, 0.1) is 11.6 Å². The molecule has 0 unspecified atom stereocenters. The van der Waals surface area contributed by atoms with E-state index in [1.165, 1.54) is 12.3 Å². The van der Waals surface area contributed by atoms with E-state index in [2.05, 4.69) is 9.93 Å². The van der Waals surface area contributed by atoms with Crippen LogP contribution in [0.1, 0.15) is 11.1 Å². The molecular formula is C20H16F2N2O3S. The Bertz CT molecular complexity index is 1070. The zero-order chi connectivity index (χ0) is 20.0. The van der Waals surface area contributed by atoms with Crippen molar-refractivity contribution in [2.24, 2.45) is 5.10 Å². The molecular weight excluding hydrogens is 386 g/mol. The average Bonchev–Trinajstić information content (AvgIpc) is 2.69. The normalized spacial score (nSPS) is 11.5. The van der Waals surface area contributed by atoms with Crippen LogP contribution in [0.5, 0.6) is 5.75 Å². The summed E-state index contributed by atoms with van der Waals surface area (Å²) in [5.41, 5.74) is 1.07. The van der Waals surface area contributed by atoms with E-state index >= 15 is 0 Å². The average molecular weight is 402 g/mol. The van der Waals surface area contributed by atoms with Gasteiger partial charge in [0, 0.05) is 5.56 Å². The lowest BCUT2D eigenvalue weighted by molar-refractivity contribution is 0.300. The number of benzene rings is 3. The van der Waals surface area contributed by atoms with E-state index < -0.39 is 15.8 Å². The molecule has 0 saturated heterocycles. The Morgan fingerprint density at radius 1 is 0.929 bits per heavy atom. The fourth-order valence-corrected chi connectivity index (χ4v) is 3.05. The molecule has 0 atom stereocenters. The number of hydrazone groups is 1. The molecule has 0 aliphatic carbocycles.